The molecule has 126 valence electrons. The maximum absolute atomic E-state index is 9.33. The number of imidazole rings is 1. The molecule has 0 saturated carbocycles. The van der Waals surface area contributed by atoms with Crippen molar-refractivity contribution >= 4 is 34.3 Å². The number of thiophene rings is 1. The number of aromatic nitrogens is 4. The van der Waals surface area contributed by atoms with E-state index in [4.69, 9.17) is 10.5 Å². The number of fused-ring (bicyclic) bond motifs is 1. The summed E-state index contributed by atoms with van der Waals surface area (Å²) in [6, 6.07) is 4.08. The van der Waals surface area contributed by atoms with Crippen LogP contribution in [0.1, 0.15) is 23.9 Å². The maximum Gasteiger partial charge on any atom is 0.207 e. The van der Waals surface area contributed by atoms with Crippen molar-refractivity contribution in [2.24, 2.45) is 0 Å². The van der Waals surface area contributed by atoms with Crippen LogP contribution >= 0.6 is 11.3 Å². The molecular formula is C15H18N6O2S. The van der Waals surface area contributed by atoms with Gasteiger partial charge in [0.2, 0.25) is 5.95 Å². The zero-order chi connectivity index (χ0) is 16.5. The van der Waals surface area contributed by atoms with Crippen molar-refractivity contribution in [2.45, 2.75) is 31.7 Å². The molecule has 9 heteroatoms. The average molecular weight is 346 g/mol. The van der Waals surface area contributed by atoms with E-state index in [1.165, 1.54) is 11.2 Å². The van der Waals surface area contributed by atoms with Gasteiger partial charge in [0.05, 0.1) is 19.3 Å². The predicted molar refractivity (Wildman–Crippen MR) is 91.6 cm³/mol. The molecule has 2 unspecified atom stereocenters. The van der Waals surface area contributed by atoms with E-state index in [9.17, 15) is 5.11 Å². The quantitative estimate of drug-likeness (QED) is 0.645. The first-order valence-electron chi connectivity index (χ1n) is 7.77. The molecule has 8 nitrogen and oxygen atoms in total. The highest BCUT2D eigenvalue weighted by atomic mass is 32.1. The molecule has 0 spiro atoms. The summed E-state index contributed by atoms with van der Waals surface area (Å²) < 4.78 is 7.83. The number of anilines is 2. The molecule has 1 saturated heterocycles. The van der Waals surface area contributed by atoms with Crippen LogP contribution in [0.5, 0.6) is 0 Å². The number of hydrogen-bond acceptors (Lipinski definition) is 8. The van der Waals surface area contributed by atoms with E-state index in [0.29, 0.717) is 29.5 Å². The first-order chi connectivity index (χ1) is 11.8. The molecular weight excluding hydrogens is 328 g/mol. The van der Waals surface area contributed by atoms with Gasteiger partial charge in [-0.3, -0.25) is 4.57 Å². The van der Waals surface area contributed by atoms with Gasteiger partial charge in [-0.1, -0.05) is 6.07 Å². The summed E-state index contributed by atoms with van der Waals surface area (Å²) in [5, 5.41) is 14.7. The Hall–Kier alpha value is -2.23. The lowest BCUT2D eigenvalue weighted by atomic mass is 10.2. The minimum atomic E-state index is -0.229. The normalized spacial score (nSPS) is 20.7. The average Bonchev–Trinajstić information content (AvgIpc) is 3.32. The summed E-state index contributed by atoms with van der Waals surface area (Å²) in [7, 11) is 0. The van der Waals surface area contributed by atoms with Gasteiger partial charge < -0.3 is 20.9 Å². The van der Waals surface area contributed by atoms with Gasteiger partial charge in [-0.25, -0.2) is 15.0 Å². The smallest absolute Gasteiger partial charge is 0.207 e. The molecule has 4 heterocycles. The van der Waals surface area contributed by atoms with Crippen molar-refractivity contribution in [2.75, 3.05) is 17.7 Å². The zero-order valence-electron chi connectivity index (χ0n) is 12.9. The number of hydrogen-bond donors (Lipinski definition) is 3. The fourth-order valence-corrected chi connectivity index (χ4v) is 3.56. The van der Waals surface area contributed by atoms with Gasteiger partial charge in [0.25, 0.3) is 0 Å². The SMILES string of the molecule is Nc1ncnc2c1nc(NCc1cccs1)n2C1CCC(CO)O1. The fraction of sp³-hybridized carbons (Fsp3) is 0.400. The first-order valence-corrected chi connectivity index (χ1v) is 8.65. The van der Waals surface area contributed by atoms with E-state index in [1.54, 1.807) is 11.3 Å². The van der Waals surface area contributed by atoms with E-state index in [1.807, 2.05) is 16.0 Å². The number of ether oxygens (including phenoxy) is 1. The van der Waals surface area contributed by atoms with Crippen molar-refractivity contribution in [1.29, 1.82) is 0 Å². The van der Waals surface area contributed by atoms with Crippen molar-refractivity contribution in [3.63, 3.8) is 0 Å². The van der Waals surface area contributed by atoms with Crippen LogP contribution in [-0.4, -0.2) is 37.3 Å². The summed E-state index contributed by atoms with van der Waals surface area (Å²) in [6.07, 6.45) is 2.63. The van der Waals surface area contributed by atoms with Crippen molar-refractivity contribution in [3.05, 3.63) is 28.7 Å². The molecule has 4 rings (SSSR count). The van der Waals surface area contributed by atoms with Gasteiger partial charge in [0.1, 0.15) is 12.6 Å². The summed E-state index contributed by atoms with van der Waals surface area (Å²) >= 11 is 1.68. The van der Waals surface area contributed by atoms with Gasteiger partial charge in [-0.05, 0) is 24.3 Å². The van der Waals surface area contributed by atoms with E-state index >= 15 is 0 Å². The van der Waals surface area contributed by atoms with Crippen LogP contribution in [-0.2, 0) is 11.3 Å². The Morgan fingerprint density at radius 3 is 3.08 bits per heavy atom. The number of aliphatic hydroxyl groups is 1. The Morgan fingerprint density at radius 2 is 2.33 bits per heavy atom. The molecule has 3 aromatic rings. The molecule has 0 aliphatic carbocycles. The van der Waals surface area contributed by atoms with Crippen LogP contribution < -0.4 is 11.1 Å². The Kier molecular flexibility index (Phi) is 4.05. The number of nitrogen functional groups attached to an aromatic ring is 1. The van der Waals surface area contributed by atoms with Gasteiger partial charge in [-0.2, -0.15) is 0 Å². The molecule has 0 aromatic carbocycles. The summed E-state index contributed by atoms with van der Waals surface area (Å²) in [5.74, 6) is 0.990. The van der Waals surface area contributed by atoms with Crippen LogP contribution in [0.15, 0.2) is 23.8 Å². The van der Waals surface area contributed by atoms with E-state index in [2.05, 4.69) is 26.3 Å². The van der Waals surface area contributed by atoms with Crippen LogP contribution in [0, 0.1) is 0 Å². The minimum absolute atomic E-state index is 0.0121. The Bertz CT molecular complexity index is 834. The van der Waals surface area contributed by atoms with Crippen LogP contribution in [0.3, 0.4) is 0 Å². The van der Waals surface area contributed by atoms with E-state index in [0.717, 1.165) is 12.8 Å². The van der Waals surface area contributed by atoms with Gasteiger partial charge in [0.15, 0.2) is 17.0 Å². The van der Waals surface area contributed by atoms with E-state index < -0.39 is 0 Å². The number of aliphatic hydroxyl groups excluding tert-OH is 1. The topological polar surface area (TPSA) is 111 Å². The minimum Gasteiger partial charge on any atom is -0.394 e. The fourth-order valence-electron chi connectivity index (χ4n) is 2.91. The lowest BCUT2D eigenvalue weighted by Crippen LogP contribution is -2.16. The third-order valence-electron chi connectivity index (χ3n) is 4.08. The Morgan fingerprint density at radius 1 is 1.42 bits per heavy atom. The van der Waals surface area contributed by atoms with Crippen molar-refractivity contribution in [1.82, 2.24) is 19.5 Å². The Balaban J connectivity index is 1.71. The molecule has 0 radical (unpaired) electrons. The second-order valence-corrected chi connectivity index (χ2v) is 6.67. The number of rotatable bonds is 5. The van der Waals surface area contributed by atoms with Crippen LogP contribution in [0.2, 0.25) is 0 Å². The van der Waals surface area contributed by atoms with Crippen LogP contribution in [0.25, 0.3) is 11.2 Å². The summed E-state index contributed by atoms with van der Waals surface area (Å²) in [4.78, 5) is 14.1. The lowest BCUT2D eigenvalue weighted by molar-refractivity contribution is -0.0197. The third-order valence-corrected chi connectivity index (χ3v) is 4.96. The molecule has 1 fully saturated rings. The Labute approximate surface area is 142 Å². The molecule has 24 heavy (non-hydrogen) atoms. The molecule has 0 bridgehead atoms. The number of nitrogens with one attached hydrogen (secondary N) is 1. The standard InChI is InChI=1S/C15H18N6O2S/c16-13-12-14(19-8-18-13)21(11-4-3-9(7-22)23-11)15(20-12)17-6-10-2-1-5-24-10/h1-2,5,8-9,11,22H,3-4,6-7H2,(H,17,20)(H2,16,18,19). The highest BCUT2D eigenvalue weighted by Crippen LogP contribution is 2.34. The van der Waals surface area contributed by atoms with Gasteiger partial charge >= 0.3 is 0 Å². The monoisotopic (exact) mass is 346 g/mol. The summed E-state index contributed by atoms with van der Waals surface area (Å²) in [5.41, 5.74) is 7.14. The highest BCUT2D eigenvalue weighted by Gasteiger charge is 2.30. The molecule has 0 amide bonds. The summed E-state index contributed by atoms with van der Waals surface area (Å²) in [6.45, 7) is 0.669. The predicted octanol–water partition coefficient (Wildman–Crippen LogP) is 1.75. The first kappa shape index (κ1) is 15.3. The maximum atomic E-state index is 9.33. The molecule has 1 aliphatic rings. The number of nitrogens with two attached hydrogens (primary N) is 1. The molecule has 4 N–H and O–H groups in total. The second-order valence-electron chi connectivity index (χ2n) is 5.64. The van der Waals surface area contributed by atoms with Gasteiger partial charge in [-0.15, -0.1) is 11.3 Å². The lowest BCUT2D eigenvalue weighted by Gasteiger charge is -2.17. The van der Waals surface area contributed by atoms with Crippen molar-refractivity contribution < 1.29 is 9.84 Å². The second kappa shape index (κ2) is 6.34. The van der Waals surface area contributed by atoms with Crippen molar-refractivity contribution in [3.8, 4) is 0 Å². The highest BCUT2D eigenvalue weighted by molar-refractivity contribution is 7.09. The third kappa shape index (κ3) is 2.70. The van der Waals surface area contributed by atoms with E-state index in [-0.39, 0.29) is 18.9 Å². The molecule has 2 atom stereocenters. The van der Waals surface area contributed by atoms with Crippen LogP contribution in [0.4, 0.5) is 11.8 Å². The molecule has 1 aliphatic heterocycles. The van der Waals surface area contributed by atoms with Gasteiger partial charge in [0, 0.05) is 4.88 Å². The largest absolute Gasteiger partial charge is 0.394 e. The zero-order valence-corrected chi connectivity index (χ0v) is 13.7. The number of nitrogens with zero attached hydrogens (tertiary/aromatic N) is 4. The molecule has 3 aromatic heterocycles.